The zero-order valence-corrected chi connectivity index (χ0v) is 12.3. The summed E-state index contributed by atoms with van der Waals surface area (Å²) in [5.74, 6) is -2.90. The maximum atomic E-state index is 13.0. The number of rotatable bonds is 3. The molecule has 3 nitrogen and oxygen atoms in total. The highest BCUT2D eigenvalue weighted by Crippen LogP contribution is 2.41. The molecule has 122 valence electrons. The molecule has 0 spiro atoms. The SMILES string of the molecule is NC1(CNC(=O)C2CCCCC2C(F)(F)F)CCCCC1. The Bertz CT molecular complexity index is 364. The number of hydrogen-bond donors (Lipinski definition) is 2. The second kappa shape index (κ2) is 6.55. The van der Waals surface area contributed by atoms with Crippen LogP contribution in [0.5, 0.6) is 0 Å². The smallest absolute Gasteiger partial charge is 0.354 e. The van der Waals surface area contributed by atoms with E-state index in [0.717, 1.165) is 32.1 Å². The van der Waals surface area contributed by atoms with Crippen LogP contribution in [0.4, 0.5) is 13.2 Å². The van der Waals surface area contributed by atoms with E-state index in [-0.39, 0.29) is 6.42 Å². The van der Waals surface area contributed by atoms with E-state index in [2.05, 4.69) is 5.32 Å². The summed E-state index contributed by atoms with van der Waals surface area (Å²) < 4.78 is 39.1. The van der Waals surface area contributed by atoms with E-state index in [9.17, 15) is 18.0 Å². The van der Waals surface area contributed by atoms with Gasteiger partial charge in [0.2, 0.25) is 5.91 Å². The number of halogens is 3. The largest absolute Gasteiger partial charge is 0.392 e. The lowest BCUT2D eigenvalue weighted by Crippen LogP contribution is -2.53. The molecular formula is C15H25F3N2O. The molecule has 2 atom stereocenters. The lowest BCUT2D eigenvalue weighted by molar-refractivity contribution is -0.198. The van der Waals surface area contributed by atoms with Crippen molar-refractivity contribution in [3.05, 3.63) is 0 Å². The summed E-state index contributed by atoms with van der Waals surface area (Å²) in [6.07, 6.45) is 2.22. The van der Waals surface area contributed by atoms with E-state index in [1.165, 1.54) is 0 Å². The van der Waals surface area contributed by atoms with E-state index < -0.39 is 29.5 Å². The van der Waals surface area contributed by atoms with Crippen LogP contribution >= 0.6 is 0 Å². The second-order valence-corrected chi connectivity index (χ2v) is 6.68. The number of amides is 1. The Morgan fingerprint density at radius 2 is 1.71 bits per heavy atom. The number of carbonyl (C=O) groups excluding carboxylic acids is 1. The number of carbonyl (C=O) groups is 1. The topological polar surface area (TPSA) is 55.1 Å². The average molecular weight is 306 g/mol. The molecule has 0 aromatic rings. The van der Waals surface area contributed by atoms with Crippen molar-refractivity contribution in [3.8, 4) is 0 Å². The number of hydrogen-bond acceptors (Lipinski definition) is 2. The first-order chi connectivity index (χ1) is 9.82. The first-order valence-corrected chi connectivity index (χ1v) is 7.95. The van der Waals surface area contributed by atoms with Crippen LogP contribution < -0.4 is 11.1 Å². The van der Waals surface area contributed by atoms with Gasteiger partial charge in [0.15, 0.2) is 0 Å². The summed E-state index contributed by atoms with van der Waals surface area (Å²) in [4.78, 5) is 12.2. The van der Waals surface area contributed by atoms with Gasteiger partial charge >= 0.3 is 6.18 Å². The minimum atomic E-state index is -4.28. The molecule has 6 heteroatoms. The van der Waals surface area contributed by atoms with Crippen LogP contribution in [0.3, 0.4) is 0 Å². The highest BCUT2D eigenvalue weighted by molar-refractivity contribution is 5.79. The van der Waals surface area contributed by atoms with E-state index in [1.54, 1.807) is 0 Å². The molecule has 0 saturated heterocycles. The molecule has 2 unspecified atom stereocenters. The normalized spacial score (nSPS) is 29.9. The standard InChI is InChI=1S/C15H25F3N2O/c16-15(17,18)12-7-3-2-6-11(12)13(21)20-10-14(19)8-4-1-5-9-14/h11-12H,1-10,19H2,(H,20,21). The van der Waals surface area contributed by atoms with Gasteiger partial charge in [-0.3, -0.25) is 4.79 Å². The van der Waals surface area contributed by atoms with Crippen LogP contribution in [0, 0.1) is 11.8 Å². The first kappa shape index (κ1) is 16.6. The molecule has 2 saturated carbocycles. The number of nitrogens with two attached hydrogens (primary N) is 1. The third kappa shape index (κ3) is 4.34. The molecule has 0 bridgehead atoms. The Kier molecular flexibility index (Phi) is 5.17. The van der Waals surface area contributed by atoms with Crippen LogP contribution in [-0.2, 0) is 4.79 Å². The molecule has 2 aliphatic carbocycles. The van der Waals surface area contributed by atoms with Crippen LogP contribution in [-0.4, -0.2) is 24.2 Å². The van der Waals surface area contributed by atoms with Gasteiger partial charge in [-0.25, -0.2) is 0 Å². The summed E-state index contributed by atoms with van der Waals surface area (Å²) in [7, 11) is 0. The molecule has 3 N–H and O–H groups in total. The molecule has 2 aliphatic rings. The fourth-order valence-electron chi connectivity index (χ4n) is 3.66. The van der Waals surface area contributed by atoms with E-state index in [1.807, 2.05) is 0 Å². The number of alkyl halides is 3. The van der Waals surface area contributed by atoms with Crippen molar-refractivity contribution in [2.45, 2.75) is 69.5 Å². The quantitative estimate of drug-likeness (QED) is 0.841. The zero-order valence-electron chi connectivity index (χ0n) is 12.3. The third-order valence-corrected chi connectivity index (χ3v) is 4.99. The summed E-state index contributed by atoms with van der Waals surface area (Å²) in [6.45, 7) is 0.299. The van der Waals surface area contributed by atoms with Crippen LogP contribution in [0.25, 0.3) is 0 Å². The van der Waals surface area contributed by atoms with E-state index >= 15 is 0 Å². The average Bonchev–Trinajstić information content (AvgIpc) is 2.45. The Morgan fingerprint density at radius 1 is 1.10 bits per heavy atom. The third-order valence-electron chi connectivity index (χ3n) is 4.99. The van der Waals surface area contributed by atoms with Gasteiger partial charge in [0, 0.05) is 18.0 Å². The fraction of sp³-hybridized carbons (Fsp3) is 0.933. The minimum Gasteiger partial charge on any atom is -0.354 e. The van der Waals surface area contributed by atoms with Crippen molar-refractivity contribution >= 4 is 5.91 Å². The molecule has 0 aromatic heterocycles. The molecule has 0 heterocycles. The summed E-state index contributed by atoms with van der Waals surface area (Å²) in [5.41, 5.74) is 5.79. The predicted octanol–water partition coefficient (Wildman–Crippen LogP) is 3.13. The molecule has 2 fully saturated rings. The maximum absolute atomic E-state index is 13.0. The zero-order chi connectivity index (χ0) is 15.5. The predicted molar refractivity (Wildman–Crippen MR) is 74.5 cm³/mol. The fourth-order valence-corrected chi connectivity index (χ4v) is 3.66. The Balaban J connectivity index is 1.91. The molecule has 2 rings (SSSR count). The summed E-state index contributed by atoms with van der Waals surface area (Å²) in [5, 5.41) is 2.70. The minimum absolute atomic E-state index is 0.0648. The molecule has 0 radical (unpaired) electrons. The summed E-state index contributed by atoms with van der Waals surface area (Å²) in [6, 6.07) is 0. The maximum Gasteiger partial charge on any atom is 0.392 e. The van der Waals surface area contributed by atoms with Crippen LogP contribution in [0.2, 0.25) is 0 Å². The van der Waals surface area contributed by atoms with Crippen molar-refractivity contribution in [2.24, 2.45) is 17.6 Å². The lowest BCUT2D eigenvalue weighted by Gasteiger charge is -2.36. The van der Waals surface area contributed by atoms with E-state index in [4.69, 9.17) is 5.73 Å². The van der Waals surface area contributed by atoms with Gasteiger partial charge in [-0.2, -0.15) is 13.2 Å². The Labute approximate surface area is 123 Å². The molecule has 1 amide bonds. The first-order valence-electron chi connectivity index (χ1n) is 7.95. The van der Waals surface area contributed by atoms with Crippen molar-refractivity contribution in [2.75, 3.05) is 6.54 Å². The highest BCUT2D eigenvalue weighted by atomic mass is 19.4. The van der Waals surface area contributed by atoms with Gasteiger partial charge in [-0.05, 0) is 25.7 Å². The Morgan fingerprint density at radius 3 is 2.33 bits per heavy atom. The Hall–Kier alpha value is -0.780. The van der Waals surface area contributed by atoms with Gasteiger partial charge in [-0.1, -0.05) is 32.1 Å². The molecule has 0 aliphatic heterocycles. The van der Waals surface area contributed by atoms with E-state index in [0.29, 0.717) is 25.8 Å². The monoisotopic (exact) mass is 306 g/mol. The van der Waals surface area contributed by atoms with Crippen LogP contribution in [0.15, 0.2) is 0 Å². The van der Waals surface area contributed by atoms with Gasteiger partial charge in [0.05, 0.1) is 5.92 Å². The number of nitrogens with one attached hydrogen (secondary N) is 1. The van der Waals surface area contributed by atoms with Crippen molar-refractivity contribution in [3.63, 3.8) is 0 Å². The highest BCUT2D eigenvalue weighted by Gasteiger charge is 2.48. The second-order valence-electron chi connectivity index (χ2n) is 6.68. The van der Waals surface area contributed by atoms with Gasteiger partial charge in [0.25, 0.3) is 0 Å². The van der Waals surface area contributed by atoms with Gasteiger partial charge in [-0.15, -0.1) is 0 Å². The van der Waals surface area contributed by atoms with Gasteiger partial charge in [0.1, 0.15) is 0 Å². The molecular weight excluding hydrogens is 281 g/mol. The van der Waals surface area contributed by atoms with Gasteiger partial charge < -0.3 is 11.1 Å². The summed E-state index contributed by atoms with van der Waals surface area (Å²) >= 11 is 0. The molecule has 21 heavy (non-hydrogen) atoms. The molecule has 0 aromatic carbocycles. The van der Waals surface area contributed by atoms with Crippen molar-refractivity contribution < 1.29 is 18.0 Å². The van der Waals surface area contributed by atoms with Crippen molar-refractivity contribution in [1.29, 1.82) is 0 Å². The lowest BCUT2D eigenvalue weighted by atomic mass is 9.77. The van der Waals surface area contributed by atoms with Crippen LogP contribution in [0.1, 0.15) is 57.8 Å². The van der Waals surface area contributed by atoms with Crippen molar-refractivity contribution in [1.82, 2.24) is 5.32 Å².